The summed E-state index contributed by atoms with van der Waals surface area (Å²) in [5, 5.41) is 11.6. The van der Waals surface area contributed by atoms with E-state index < -0.39 is 22.0 Å². The molecule has 1 amide bonds. The highest BCUT2D eigenvalue weighted by Crippen LogP contribution is 2.11. The zero-order valence-electron chi connectivity index (χ0n) is 6.65. The number of sulfone groups is 1. The molecule has 1 fully saturated rings. The van der Waals surface area contributed by atoms with Crippen molar-refractivity contribution in [2.75, 3.05) is 11.5 Å². The van der Waals surface area contributed by atoms with E-state index in [1.165, 1.54) is 6.92 Å². The maximum Gasteiger partial charge on any atom is 0.217 e. The number of rotatable bonds is 1. The van der Waals surface area contributed by atoms with Crippen LogP contribution in [0.1, 0.15) is 6.92 Å². The average Bonchev–Trinajstić information content (AvgIpc) is 2.03. The summed E-state index contributed by atoms with van der Waals surface area (Å²) in [7, 11) is -3.16. The number of amides is 1. The van der Waals surface area contributed by atoms with Crippen LogP contribution in [0.15, 0.2) is 0 Å². The van der Waals surface area contributed by atoms with Crippen LogP contribution in [0.2, 0.25) is 0 Å². The third-order valence-corrected chi connectivity index (χ3v) is 3.43. The zero-order chi connectivity index (χ0) is 9.35. The second-order valence-corrected chi connectivity index (χ2v) is 5.11. The van der Waals surface area contributed by atoms with Crippen molar-refractivity contribution in [2.45, 2.75) is 19.1 Å². The molecule has 0 aromatic carbocycles. The number of hydrogen-bond acceptors (Lipinski definition) is 4. The molecule has 0 saturated carbocycles. The van der Waals surface area contributed by atoms with Crippen LogP contribution in [0.4, 0.5) is 0 Å². The van der Waals surface area contributed by atoms with Crippen molar-refractivity contribution in [3.63, 3.8) is 0 Å². The average molecular weight is 193 g/mol. The Labute approximate surface area is 70.7 Å². The first-order chi connectivity index (χ1) is 5.41. The highest BCUT2D eigenvalue weighted by Gasteiger charge is 2.36. The van der Waals surface area contributed by atoms with Crippen molar-refractivity contribution in [3.8, 4) is 0 Å². The fourth-order valence-electron chi connectivity index (χ4n) is 1.23. The highest BCUT2D eigenvalue weighted by atomic mass is 32.2. The number of carbonyl (C=O) groups is 1. The molecule has 0 aromatic rings. The van der Waals surface area contributed by atoms with Gasteiger partial charge in [-0.05, 0) is 0 Å². The molecule has 2 atom stereocenters. The maximum absolute atomic E-state index is 10.9. The Bertz CT molecular complexity index is 284. The molecule has 5 nitrogen and oxygen atoms in total. The van der Waals surface area contributed by atoms with Crippen molar-refractivity contribution in [1.82, 2.24) is 5.32 Å². The lowest BCUT2D eigenvalue weighted by molar-refractivity contribution is -0.120. The van der Waals surface area contributed by atoms with Crippen LogP contribution in [0.5, 0.6) is 0 Å². The third kappa shape index (κ3) is 2.18. The molecule has 1 unspecified atom stereocenters. The van der Waals surface area contributed by atoms with Gasteiger partial charge in [0.05, 0.1) is 23.7 Å². The van der Waals surface area contributed by atoms with E-state index in [4.69, 9.17) is 0 Å². The van der Waals surface area contributed by atoms with Crippen molar-refractivity contribution < 1.29 is 18.3 Å². The molecule has 1 heterocycles. The van der Waals surface area contributed by atoms with Crippen LogP contribution in [-0.2, 0) is 14.6 Å². The van der Waals surface area contributed by atoms with Gasteiger partial charge in [-0.2, -0.15) is 0 Å². The Morgan fingerprint density at radius 1 is 1.50 bits per heavy atom. The lowest BCUT2D eigenvalue weighted by Crippen LogP contribution is -2.41. The molecule has 1 rings (SSSR count). The summed E-state index contributed by atoms with van der Waals surface area (Å²) in [5.74, 6) is -0.734. The van der Waals surface area contributed by atoms with Crippen LogP contribution in [0, 0.1) is 0 Å². The minimum Gasteiger partial charge on any atom is -0.390 e. The second kappa shape index (κ2) is 3.02. The topological polar surface area (TPSA) is 83.5 Å². The quantitative estimate of drug-likeness (QED) is 0.519. The van der Waals surface area contributed by atoms with Crippen molar-refractivity contribution in [2.24, 2.45) is 0 Å². The first-order valence-electron chi connectivity index (χ1n) is 3.56. The maximum atomic E-state index is 10.9. The van der Waals surface area contributed by atoms with Crippen molar-refractivity contribution in [3.05, 3.63) is 0 Å². The third-order valence-electron chi connectivity index (χ3n) is 1.71. The smallest absolute Gasteiger partial charge is 0.217 e. The summed E-state index contributed by atoms with van der Waals surface area (Å²) in [4.78, 5) is 10.5. The molecular formula is C6H11NO4S. The molecule has 0 aliphatic carbocycles. The lowest BCUT2D eigenvalue weighted by Gasteiger charge is -2.12. The molecule has 0 bridgehead atoms. The van der Waals surface area contributed by atoms with E-state index >= 15 is 0 Å². The first kappa shape index (κ1) is 9.47. The van der Waals surface area contributed by atoms with Gasteiger partial charge < -0.3 is 10.4 Å². The van der Waals surface area contributed by atoms with E-state index in [0.29, 0.717) is 0 Å². The van der Waals surface area contributed by atoms with Gasteiger partial charge in [0.2, 0.25) is 5.91 Å². The lowest BCUT2D eigenvalue weighted by atomic mass is 10.2. The summed E-state index contributed by atoms with van der Waals surface area (Å²) in [5.41, 5.74) is 0. The zero-order valence-corrected chi connectivity index (χ0v) is 7.47. The van der Waals surface area contributed by atoms with Crippen LogP contribution in [-0.4, -0.2) is 43.1 Å². The molecule has 70 valence electrons. The summed E-state index contributed by atoms with van der Waals surface area (Å²) in [6, 6.07) is -0.632. The Morgan fingerprint density at radius 3 is 2.42 bits per heavy atom. The fraction of sp³-hybridized carbons (Fsp3) is 0.833. The van der Waals surface area contributed by atoms with E-state index in [1.807, 2.05) is 0 Å². The highest BCUT2D eigenvalue weighted by molar-refractivity contribution is 7.91. The molecule has 12 heavy (non-hydrogen) atoms. The minimum absolute atomic E-state index is 0.159. The number of carbonyl (C=O) groups excluding carboxylic acids is 1. The van der Waals surface area contributed by atoms with Gasteiger partial charge in [0.25, 0.3) is 0 Å². The standard InChI is InChI=1S/C6H11NO4S/c1-4(8)7-5-2-12(10,11)3-6(5)9/h5-6,9H,2-3H2,1H3,(H,7,8)/t5-,6?/m1/s1. The van der Waals surface area contributed by atoms with Gasteiger partial charge in [-0.1, -0.05) is 0 Å². The Kier molecular flexibility index (Phi) is 2.39. The SMILES string of the molecule is CC(=O)N[C@@H]1CS(=O)(=O)CC1O. The molecule has 0 spiro atoms. The van der Waals surface area contributed by atoms with E-state index in [2.05, 4.69) is 5.32 Å². The predicted molar refractivity (Wildman–Crippen MR) is 42.3 cm³/mol. The van der Waals surface area contributed by atoms with E-state index in [0.717, 1.165) is 0 Å². The monoisotopic (exact) mass is 193 g/mol. The van der Waals surface area contributed by atoms with Crippen LogP contribution >= 0.6 is 0 Å². The van der Waals surface area contributed by atoms with E-state index in [1.54, 1.807) is 0 Å². The summed E-state index contributed by atoms with van der Waals surface area (Å²) < 4.78 is 21.8. The van der Waals surface area contributed by atoms with Crippen LogP contribution in [0.25, 0.3) is 0 Å². The summed E-state index contributed by atoms with van der Waals surface area (Å²) in [6.07, 6.45) is -0.959. The molecule has 1 saturated heterocycles. The largest absolute Gasteiger partial charge is 0.390 e. The van der Waals surface area contributed by atoms with E-state index in [9.17, 15) is 18.3 Å². The second-order valence-electron chi connectivity index (χ2n) is 2.95. The normalized spacial score (nSPS) is 33.2. The fourth-order valence-corrected chi connectivity index (χ4v) is 2.97. The molecule has 1 aliphatic rings. The summed E-state index contributed by atoms with van der Waals surface area (Å²) in [6.45, 7) is 1.29. The van der Waals surface area contributed by atoms with Gasteiger partial charge in [0, 0.05) is 6.92 Å². The summed E-state index contributed by atoms with van der Waals surface area (Å²) >= 11 is 0. The van der Waals surface area contributed by atoms with Crippen LogP contribution in [0.3, 0.4) is 0 Å². The van der Waals surface area contributed by atoms with E-state index in [-0.39, 0.29) is 17.4 Å². The molecule has 0 aromatic heterocycles. The Balaban J connectivity index is 2.64. The van der Waals surface area contributed by atoms with Gasteiger partial charge >= 0.3 is 0 Å². The first-order valence-corrected chi connectivity index (χ1v) is 5.38. The number of hydrogen-bond donors (Lipinski definition) is 2. The number of aliphatic hydroxyl groups excluding tert-OH is 1. The molecule has 6 heteroatoms. The minimum atomic E-state index is -3.16. The van der Waals surface area contributed by atoms with Crippen molar-refractivity contribution >= 4 is 15.7 Å². The molecular weight excluding hydrogens is 182 g/mol. The van der Waals surface area contributed by atoms with Gasteiger partial charge in [-0.25, -0.2) is 8.42 Å². The van der Waals surface area contributed by atoms with Gasteiger partial charge in [-0.3, -0.25) is 4.79 Å². The van der Waals surface area contributed by atoms with Crippen molar-refractivity contribution in [1.29, 1.82) is 0 Å². The number of nitrogens with one attached hydrogen (secondary N) is 1. The van der Waals surface area contributed by atoms with Gasteiger partial charge in [0.1, 0.15) is 0 Å². The van der Waals surface area contributed by atoms with Crippen LogP contribution < -0.4 is 5.32 Å². The van der Waals surface area contributed by atoms with Gasteiger partial charge in [0.15, 0.2) is 9.84 Å². The number of aliphatic hydroxyl groups is 1. The predicted octanol–water partition coefficient (Wildman–Crippen LogP) is -1.72. The Morgan fingerprint density at radius 2 is 2.08 bits per heavy atom. The van der Waals surface area contributed by atoms with Gasteiger partial charge in [-0.15, -0.1) is 0 Å². The molecule has 2 N–H and O–H groups in total. The molecule has 1 aliphatic heterocycles. The Hall–Kier alpha value is -0.620. The molecule has 0 radical (unpaired) electrons.